The Morgan fingerprint density at radius 2 is 1.63 bits per heavy atom. The Labute approximate surface area is 236 Å². The summed E-state index contributed by atoms with van der Waals surface area (Å²) in [7, 11) is 0. The fourth-order valence-electron chi connectivity index (χ4n) is 4.35. The van der Waals surface area contributed by atoms with Gasteiger partial charge in [0.2, 0.25) is 23.6 Å². The molecule has 3 aromatic rings. The Hall–Kier alpha value is -4.72. The number of primary amides is 1. The average Bonchev–Trinajstić information content (AvgIpc) is 3.59. The van der Waals surface area contributed by atoms with Gasteiger partial charge in [-0.05, 0) is 17.5 Å². The highest BCUT2D eigenvalue weighted by molar-refractivity contribution is 5.95. The zero-order valence-corrected chi connectivity index (χ0v) is 22.8. The summed E-state index contributed by atoms with van der Waals surface area (Å²) in [5.41, 5.74) is 13.0. The van der Waals surface area contributed by atoms with Crippen LogP contribution < -0.4 is 27.4 Å². The summed E-state index contributed by atoms with van der Waals surface area (Å²) in [5.74, 6) is -4.57. The van der Waals surface area contributed by atoms with E-state index in [4.69, 9.17) is 11.5 Å². The van der Waals surface area contributed by atoms with Crippen molar-refractivity contribution < 1.29 is 29.1 Å². The zero-order valence-electron chi connectivity index (χ0n) is 22.8. The van der Waals surface area contributed by atoms with Gasteiger partial charge in [0, 0.05) is 41.8 Å². The van der Waals surface area contributed by atoms with Gasteiger partial charge in [-0.2, -0.15) is 0 Å². The van der Waals surface area contributed by atoms with Crippen molar-refractivity contribution in [3.63, 3.8) is 0 Å². The molecule has 5 atom stereocenters. The number of imidazole rings is 1. The van der Waals surface area contributed by atoms with Gasteiger partial charge in [0.1, 0.15) is 18.1 Å². The molecule has 4 amide bonds. The van der Waals surface area contributed by atoms with E-state index in [-0.39, 0.29) is 18.8 Å². The highest BCUT2D eigenvalue weighted by atomic mass is 16.4. The third-order valence-electron chi connectivity index (χ3n) is 6.88. The van der Waals surface area contributed by atoms with Crippen LogP contribution >= 0.6 is 0 Å². The minimum Gasteiger partial charge on any atom is -0.480 e. The van der Waals surface area contributed by atoms with E-state index < -0.39 is 60.2 Å². The number of aromatic amines is 2. The maximum absolute atomic E-state index is 13.6. The van der Waals surface area contributed by atoms with E-state index in [0.717, 1.165) is 10.9 Å². The number of rotatable bonds is 15. The van der Waals surface area contributed by atoms with Gasteiger partial charge < -0.3 is 42.5 Å². The molecule has 0 radical (unpaired) electrons. The molecule has 0 aliphatic heterocycles. The molecule has 0 spiro atoms. The highest BCUT2D eigenvalue weighted by Gasteiger charge is 2.33. The van der Waals surface area contributed by atoms with Crippen LogP contribution in [0.25, 0.3) is 10.9 Å². The van der Waals surface area contributed by atoms with Crippen LogP contribution in [0.2, 0.25) is 0 Å². The summed E-state index contributed by atoms with van der Waals surface area (Å²) in [6, 6.07) is 2.50. The molecule has 0 fully saturated rings. The molecule has 1 aromatic carbocycles. The van der Waals surface area contributed by atoms with Crippen LogP contribution in [0.15, 0.2) is 43.0 Å². The maximum atomic E-state index is 13.6. The first-order valence-electron chi connectivity index (χ1n) is 13.2. The van der Waals surface area contributed by atoms with Crippen LogP contribution in [0.4, 0.5) is 0 Å². The van der Waals surface area contributed by atoms with Gasteiger partial charge in [0.15, 0.2) is 0 Å². The number of hydrogen-bond acceptors (Lipinski definition) is 7. The number of carboxylic acids is 1. The molecule has 10 N–H and O–H groups in total. The van der Waals surface area contributed by atoms with E-state index in [1.807, 2.05) is 24.3 Å². The Bertz CT molecular complexity index is 1370. The van der Waals surface area contributed by atoms with Gasteiger partial charge >= 0.3 is 5.97 Å². The lowest BCUT2D eigenvalue weighted by molar-refractivity contribution is -0.143. The summed E-state index contributed by atoms with van der Waals surface area (Å²) in [6.45, 7) is 3.50. The van der Waals surface area contributed by atoms with Crippen LogP contribution in [-0.2, 0) is 36.8 Å². The largest absolute Gasteiger partial charge is 0.480 e. The van der Waals surface area contributed by atoms with E-state index in [1.54, 1.807) is 20.0 Å². The fourth-order valence-corrected chi connectivity index (χ4v) is 4.35. The van der Waals surface area contributed by atoms with Crippen molar-refractivity contribution in [2.45, 2.75) is 63.7 Å². The molecule has 2 aromatic heterocycles. The lowest BCUT2D eigenvalue weighted by Gasteiger charge is -2.26. The van der Waals surface area contributed by atoms with E-state index in [9.17, 15) is 29.1 Å². The number of fused-ring (bicyclic) bond motifs is 1. The maximum Gasteiger partial charge on any atom is 0.326 e. The number of nitrogens with zero attached hydrogens (tertiary/aromatic N) is 1. The quantitative estimate of drug-likeness (QED) is 0.118. The van der Waals surface area contributed by atoms with Gasteiger partial charge in [-0.3, -0.25) is 19.2 Å². The summed E-state index contributed by atoms with van der Waals surface area (Å²) in [6.07, 6.45) is 4.66. The van der Waals surface area contributed by atoms with Gasteiger partial charge in [-0.15, -0.1) is 0 Å². The second-order valence-corrected chi connectivity index (χ2v) is 9.95. The minimum absolute atomic E-state index is 0.0217. The lowest BCUT2D eigenvalue weighted by Crippen LogP contribution is -2.58. The van der Waals surface area contributed by atoms with Crippen molar-refractivity contribution in [3.8, 4) is 0 Å². The monoisotopic (exact) mass is 568 g/mol. The Kier molecular flexibility index (Phi) is 10.6. The third-order valence-corrected chi connectivity index (χ3v) is 6.88. The first-order valence-corrected chi connectivity index (χ1v) is 13.2. The predicted octanol–water partition coefficient (Wildman–Crippen LogP) is -0.536. The van der Waals surface area contributed by atoms with E-state index in [2.05, 4.69) is 30.9 Å². The number of nitrogens with one attached hydrogen (secondary N) is 5. The number of aromatic nitrogens is 3. The summed E-state index contributed by atoms with van der Waals surface area (Å²) in [4.78, 5) is 72.8. The standard InChI is InChI=1S/C27H36N8O6/c1-3-14(2)23(27(40)41)35-26(39)21(9-16-12-30-13-32-16)34-25(38)20(33-24(37)18(28)10-22(29)36)8-15-11-31-19-7-5-4-6-17(15)19/h4-7,11-14,18,20-21,23,31H,3,8-10,28H2,1-2H3,(H2,29,36)(H,30,32)(H,33,37)(H,34,38)(H,35,39)(H,40,41). The molecule has 0 saturated heterocycles. The normalized spacial score (nSPS) is 14.8. The number of hydrogen-bond donors (Lipinski definition) is 8. The first kappa shape index (κ1) is 30.8. The summed E-state index contributed by atoms with van der Waals surface area (Å²) in [5, 5.41) is 18.2. The molecule has 0 aliphatic carbocycles. The Morgan fingerprint density at radius 3 is 2.27 bits per heavy atom. The van der Waals surface area contributed by atoms with Crippen LogP contribution in [0, 0.1) is 5.92 Å². The predicted molar refractivity (Wildman–Crippen MR) is 149 cm³/mol. The molecule has 14 heteroatoms. The van der Waals surface area contributed by atoms with Gasteiger partial charge in [0.25, 0.3) is 0 Å². The van der Waals surface area contributed by atoms with Gasteiger partial charge in [-0.25, -0.2) is 9.78 Å². The highest BCUT2D eigenvalue weighted by Crippen LogP contribution is 2.19. The van der Waals surface area contributed by atoms with Crippen LogP contribution in [0.1, 0.15) is 37.9 Å². The number of carbonyl (C=O) groups excluding carboxylic acids is 4. The molecule has 0 saturated carbocycles. The van der Waals surface area contributed by atoms with Crippen LogP contribution in [0.3, 0.4) is 0 Å². The number of nitrogens with two attached hydrogens (primary N) is 2. The average molecular weight is 569 g/mol. The van der Waals surface area contributed by atoms with Crippen molar-refractivity contribution in [2.24, 2.45) is 17.4 Å². The molecule has 0 aliphatic rings. The third kappa shape index (κ3) is 8.38. The number of para-hydroxylation sites is 1. The second kappa shape index (κ2) is 14.1. The van der Waals surface area contributed by atoms with E-state index in [1.165, 1.54) is 12.5 Å². The summed E-state index contributed by atoms with van der Waals surface area (Å²) < 4.78 is 0. The minimum atomic E-state index is -1.29. The Morgan fingerprint density at radius 1 is 0.976 bits per heavy atom. The molecule has 14 nitrogen and oxygen atoms in total. The molecular formula is C27H36N8O6. The number of H-pyrrole nitrogens is 2. The van der Waals surface area contributed by atoms with Gasteiger partial charge in [-0.1, -0.05) is 38.5 Å². The molecule has 220 valence electrons. The molecule has 2 heterocycles. The molecule has 0 bridgehead atoms. The molecule has 41 heavy (non-hydrogen) atoms. The summed E-state index contributed by atoms with van der Waals surface area (Å²) >= 11 is 0. The molecule has 5 unspecified atom stereocenters. The first-order chi connectivity index (χ1) is 19.5. The molecule has 3 rings (SSSR count). The number of carboxylic acid groups (broad SMARTS) is 1. The number of aliphatic carboxylic acids is 1. The number of carbonyl (C=O) groups is 5. The smallest absolute Gasteiger partial charge is 0.326 e. The van der Waals surface area contributed by atoms with Gasteiger partial charge in [0.05, 0.1) is 18.8 Å². The second-order valence-electron chi connectivity index (χ2n) is 9.95. The van der Waals surface area contributed by atoms with Crippen LogP contribution in [0.5, 0.6) is 0 Å². The number of amides is 4. The Balaban J connectivity index is 1.88. The van der Waals surface area contributed by atoms with Crippen molar-refractivity contribution in [1.82, 2.24) is 30.9 Å². The SMILES string of the molecule is CCC(C)C(NC(=O)C(Cc1cnc[nH]1)NC(=O)C(Cc1c[nH]c2ccccc12)NC(=O)C(N)CC(N)=O)C(=O)O. The van der Waals surface area contributed by atoms with Crippen LogP contribution in [-0.4, -0.2) is 73.8 Å². The van der Waals surface area contributed by atoms with E-state index >= 15 is 0 Å². The van der Waals surface area contributed by atoms with Crippen molar-refractivity contribution in [1.29, 1.82) is 0 Å². The topological polar surface area (TPSA) is 238 Å². The number of benzene rings is 1. The zero-order chi connectivity index (χ0) is 30.1. The lowest BCUT2D eigenvalue weighted by atomic mass is 9.98. The van der Waals surface area contributed by atoms with Crippen molar-refractivity contribution in [2.75, 3.05) is 0 Å². The van der Waals surface area contributed by atoms with Crippen molar-refractivity contribution in [3.05, 3.63) is 54.2 Å². The fraction of sp³-hybridized carbons (Fsp3) is 0.407. The molecular weight excluding hydrogens is 532 g/mol. The van der Waals surface area contributed by atoms with E-state index in [0.29, 0.717) is 17.7 Å². The van der Waals surface area contributed by atoms with Crippen molar-refractivity contribution >= 4 is 40.5 Å².